The molecule has 0 aliphatic carbocycles. The average molecular weight is 256 g/mol. The summed E-state index contributed by atoms with van der Waals surface area (Å²) in [4.78, 5) is 0.346. The maximum absolute atomic E-state index is 12.0. The van der Waals surface area contributed by atoms with E-state index in [4.69, 9.17) is 5.73 Å². The van der Waals surface area contributed by atoms with E-state index in [1.165, 1.54) is 4.31 Å². The molecule has 0 aliphatic heterocycles. The normalized spacial score (nSPS) is 12.0. The molecular weight excluding hydrogens is 236 g/mol. The lowest BCUT2D eigenvalue weighted by Crippen LogP contribution is -2.26. The van der Waals surface area contributed by atoms with Crippen molar-refractivity contribution in [1.29, 1.82) is 0 Å². The highest BCUT2D eigenvalue weighted by atomic mass is 32.2. The first-order valence-corrected chi connectivity index (χ1v) is 7.21. The molecule has 0 saturated carbocycles. The van der Waals surface area contributed by atoms with Crippen LogP contribution >= 0.6 is 0 Å². The van der Waals surface area contributed by atoms with Gasteiger partial charge in [0.15, 0.2) is 0 Å². The predicted molar refractivity (Wildman–Crippen MR) is 69.3 cm³/mol. The highest BCUT2D eigenvalue weighted by Gasteiger charge is 2.18. The van der Waals surface area contributed by atoms with Crippen LogP contribution < -0.4 is 5.73 Å². The SMILES string of the molecule is CCN(C)S(=O)(=O)c1ccc(CCCN)cc1. The van der Waals surface area contributed by atoms with Crippen molar-refractivity contribution in [1.82, 2.24) is 4.31 Å². The lowest BCUT2D eigenvalue weighted by Gasteiger charge is -2.14. The van der Waals surface area contributed by atoms with Crippen molar-refractivity contribution in [2.45, 2.75) is 24.7 Å². The average Bonchev–Trinajstić information content (AvgIpc) is 2.35. The molecule has 0 radical (unpaired) electrons. The van der Waals surface area contributed by atoms with Gasteiger partial charge in [-0.2, -0.15) is 0 Å². The van der Waals surface area contributed by atoms with Crippen LogP contribution in [0.3, 0.4) is 0 Å². The minimum atomic E-state index is -3.32. The van der Waals surface area contributed by atoms with Gasteiger partial charge in [0.2, 0.25) is 10.0 Å². The predicted octanol–water partition coefficient (Wildman–Crippen LogP) is 1.22. The van der Waals surface area contributed by atoms with Gasteiger partial charge in [-0.3, -0.25) is 0 Å². The van der Waals surface area contributed by atoms with Gasteiger partial charge in [0.25, 0.3) is 0 Å². The minimum Gasteiger partial charge on any atom is -0.330 e. The summed E-state index contributed by atoms with van der Waals surface area (Å²) in [7, 11) is -1.74. The molecule has 17 heavy (non-hydrogen) atoms. The van der Waals surface area contributed by atoms with Crippen molar-refractivity contribution in [2.24, 2.45) is 5.73 Å². The van der Waals surface area contributed by atoms with Crippen LogP contribution in [0, 0.1) is 0 Å². The van der Waals surface area contributed by atoms with E-state index in [0.717, 1.165) is 18.4 Å². The third-order valence-electron chi connectivity index (χ3n) is 2.75. The summed E-state index contributed by atoms with van der Waals surface area (Å²) in [6, 6.07) is 7.03. The summed E-state index contributed by atoms with van der Waals surface area (Å²) < 4.78 is 25.3. The Morgan fingerprint density at radius 2 is 1.82 bits per heavy atom. The Morgan fingerprint density at radius 3 is 2.29 bits per heavy atom. The minimum absolute atomic E-state index is 0.346. The number of rotatable bonds is 6. The molecule has 0 atom stereocenters. The first-order chi connectivity index (χ1) is 8.02. The molecule has 2 N–H and O–H groups in total. The van der Waals surface area contributed by atoms with Crippen molar-refractivity contribution in [3.8, 4) is 0 Å². The Bertz CT molecular complexity index is 440. The molecule has 0 aliphatic rings. The number of nitrogens with two attached hydrogens (primary N) is 1. The highest BCUT2D eigenvalue weighted by molar-refractivity contribution is 7.89. The van der Waals surface area contributed by atoms with Gasteiger partial charge in [-0.1, -0.05) is 19.1 Å². The van der Waals surface area contributed by atoms with E-state index in [1.807, 2.05) is 19.1 Å². The summed E-state index contributed by atoms with van der Waals surface area (Å²) in [5, 5.41) is 0. The van der Waals surface area contributed by atoms with Crippen LogP contribution in [0.2, 0.25) is 0 Å². The molecule has 0 saturated heterocycles. The molecule has 0 heterocycles. The third kappa shape index (κ3) is 3.52. The van der Waals surface area contributed by atoms with Gasteiger partial charge in [0.1, 0.15) is 0 Å². The number of hydrogen-bond acceptors (Lipinski definition) is 3. The molecular formula is C12H20N2O2S. The van der Waals surface area contributed by atoms with E-state index < -0.39 is 10.0 Å². The van der Waals surface area contributed by atoms with E-state index in [9.17, 15) is 8.42 Å². The van der Waals surface area contributed by atoms with Crippen molar-refractivity contribution in [3.63, 3.8) is 0 Å². The fourth-order valence-corrected chi connectivity index (χ4v) is 2.66. The van der Waals surface area contributed by atoms with Crippen LogP contribution in [0.5, 0.6) is 0 Å². The smallest absolute Gasteiger partial charge is 0.242 e. The number of aryl methyl sites for hydroxylation is 1. The number of sulfonamides is 1. The lowest BCUT2D eigenvalue weighted by molar-refractivity contribution is 0.486. The van der Waals surface area contributed by atoms with Crippen molar-refractivity contribution >= 4 is 10.0 Å². The van der Waals surface area contributed by atoms with E-state index in [1.54, 1.807) is 19.2 Å². The summed E-state index contributed by atoms with van der Waals surface area (Å²) in [6.07, 6.45) is 1.81. The fourth-order valence-electron chi connectivity index (χ4n) is 1.48. The standard InChI is InChI=1S/C12H20N2O2S/c1-3-14(2)17(15,16)12-8-6-11(7-9-12)5-4-10-13/h6-9H,3-5,10,13H2,1-2H3. The van der Waals surface area contributed by atoms with E-state index in [-0.39, 0.29) is 0 Å². The molecule has 1 aromatic rings. The molecule has 0 aromatic heterocycles. The molecule has 96 valence electrons. The van der Waals surface area contributed by atoms with E-state index >= 15 is 0 Å². The second-order valence-corrected chi connectivity index (χ2v) is 6.00. The second-order valence-electron chi connectivity index (χ2n) is 3.96. The summed E-state index contributed by atoms with van der Waals surface area (Å²) in [5.41, 5.74) is 6.55. The molecule has 0 bridgehead atoms. The van der Waals surface area contributed by atoms with Crippen LogP contribution in [-0.4, -0.2) is 32.9 Å². The van der Waals surface area contributed by atoms with Crippen LogP contribution in [0.1, 0.15) is 18.9 Å². The quantitative estimate of drug-likeness (QED) is 0.832. The van der Waals surface area contributed by atoms with Crippen LogP contribution in [0.15, 0.2) is 29.2 Å². The van der Waals surface area contributed by atoms with E-state index in [0.29, 0.717) is 18.0 Å². The van der Waals surface area contributed by atoms with Crippen molar-refractivity contribution < 1.29 is 8.42 Å². The molecule has 1 aromatic carbocycles. The zero-order chi connectivity index (χ0) is 12.9. The summed E-state index contributed by atoms with van der Waals surface area (Å²) in [6.45, 7) is 2.93. The van der Waals surface area contributed by atoms with Gasteiger partial charge in [-0.15, -0.1) is 0 Å². The third-order valence-corrected chi connectivity index (χ3v) is 4.69. The first-order valence-electron chi connectivity index (χ1n) is 5.77. The molecule has 5 heteroatoms. The molecule has 0 fully saturated rings. The number of benzene rings is 1. The zero-order valence-electron chi connectivity index (χ0n) is 10.4. The Hall–Kier alpha value is -0.910. The number of hydrogen-bond donors (Lipinski definition) is 1. The van der Waals surface area contributed by atoms with Gasteiger partial charge in [-0.25, -0.2) is 12.7 Å². The maximum Gasteiger partial charge on any atom is 0.242 e. The maximum atomic E-state index is 12.0. The molecule has 0 amide bonds. The summed E-state index contributed by atoms with van der Waals surface area (Å²) >= 11 is 0. The fraction of sp³-hybridized carbons (Fsp3) is 0.500. The largest absolute Gasteiger partial charge is 0.330 e. The molecule has 1 rings (SSSR count). The molecule has 4 nitrogen and oxygen atoms in total. The van der Waals surface area contributed by atoms with Crippen LogP contribution in [-0.2, 0) is 16.4 Å². The Kier molecular flexibility index (Phi) is 5.11. The van der Waals surface area contributed by atoms with Gasteiger partial charge in [-0.05, 0) is 37.1 Å². The lowest BCUT2D eigenvalue weighted by atomic mass is 10.1. The van der Waals surface area contributed by atoms with Gasteiger partial charge in [0.05, 0.1) is 4.90 Å². The van der Waals surface area contributed by atoms with Crippen LogP contribution in [0.25, 0.3) is 0 Å². The topological polar surface area (TPSA) is 63.4 Å². The van der Waals surface area contributed by atoms with Gasteiger partial charge >= 0.3 is 0 Å². The Labute approximate surface area is 103 Å². The molecule has 0 unspecified atom stereocenters. The highest BCUT2D eigenvalue weighted by Crippen LogP contribution is 2.15. The second kappa shape index (κ2) is 6.14. The summed E-state index contributed by atoms with van der Waals surface area (Å²) in [5.74, 6) is 0. The monoisotopic (exact) mass is 256 g/mol. The van der Waals surface area contributed by atoms with Crippen molar-refractivity contribution in [2.75, 3.05) is 20.1 Å². The molecule has 0 spiro atoms. The van der Waals surface area contributed by atoms with Crippen LogP contribution in [0.4, 0.5) is 0 Å². The van der Waals surface area contributed by atoms with Crippen molar-refractivity contribution in [3.05, 3.63) is 29.8 Å². The van der Waals surface area contributed by atoms with Gasteiger partial charge in [0, 0.05) is 13.6 Å². The zero-order valence-corrected chi connectivity index (χ0v) is 11.2. The first kappa shape index (κ1) is 14.2. The Morgan fingerprint density at radius 1 is 1.24 bits per heavy atom. The van der Waals surface area contributed by atoms with E-state index in [2.05, 4.69) is 0 Å². The number of nitrogens with zero attached hydrogens (tertiary/aromatic N) is 1. The Balaban J connectivity index is 2.87. The van der Waals surface area contributed by atoms with Gasteiger partial charge < -0.3 is 5.73 Å².